The van der Waals surface area contributed by atoms with Gasteiger partial charge in [0.2, 0.25) is 0 Å². The Kier molecular flexibility index (Phi) is 7.02. The van der Waals surface area contributed by atoms with E-state index in [1.54, 1.807) is 12.4 Å². The molecular weight excluding hydrogens is 436 g/mol. The van der Waals surface area contributed by atoms with Crippen molar-refractivity contribution >= 4 is 0 Å². The third kappa shape index (κ3) is 5.90. The maximum atomic E-state index is 13.6. The van der Waals surface area contributed by atoms with Crippen molar-refractivity contribution in [2.45, 2.75) is 38.6 Å². The summed E-state index contributed by atoms with van der Waals surface area (Å²) in [6.07, 6.45) is 5.71. The number of fused-ring (bicyclic) bond motifs is 1. The lowest BCUT2D eigenvalue weighted by Crippen LogP contribution is -2.37. The number of hydrogen-bond acceptors (Lipinski definition) is 5. The summed E-state index contributed by atoms with van der Waals surface area (Å²) in [7, 11) is 0. The van der Waals surface area contributed by atoms with Crippen LogP contribution in [-0.2, 0) is 19.6 Å². The summed E-state index contributed by atoms with van der Waals surface area (Å²) >= 11 is 0. The lowest BCUT2D eigenvalue weighted by Gasteiger charge is -2.32. The van der Waals surface area contributed by atoms with Gasteiger partial charge in [0.25, 0.3) is 0 Å². The van der Waals surface area contributed by atoms with Crippen LogP contribution in [0.4, 0.5) is 8.78 Å². The Bertz CT molecular complexity index is 1080. The first kappa shape index (κ1) is 22.7. The second-order valence-corrected chi connectivity index (χ2v) is 9.06. The van der Waals surface area contributed by atoms with Crippen LogP contribution >= 0.6 is 0 Å². The quantitative estimate of drug-likeness (QED) is 0.523. The largest absolute Gasteiger partial charge is 0.492 e. The van der Waals surface area contributed by atoms with Gasteiger partial charge in [-0.1, -0.05) is 6.07 Å². The smallest absolute Gasteiger partial charge is 0.137 e. The lowest BCUT2D eigenvalue weighted by molar-refractivity contribution is 0.0965. The van der Waals surface area contributed by atoms with Crippen LogP contribution in [0.5, 0.6) is 11.5 Å². The molecule has 3 heterocycles. The van der Waals surface area contributed by atoms with Crippen LogP contribution in [0.15, 0.2) is 60.9 Å². The third-order valence-corrected chi connectivity index (χ3v) is 6.39. The molecule has 1 fully saturated rings. The third-order valence-electron chi connectivity index (χ3n) is 6.39. The molecule has 0 radical (unpaired) electrons. The van der Waals surface area contributed by atoms with Gasteiger partial charge in [-0.2, -0.15) is 0 Å². The molecule has 2 aromatic carbocycles. The number of benzene rings is 2. The maximum Gasteiger partial charge on any atom is 0.137 e. The molecule has 7 heteroatoms. The van der Waals surface area contributed by atoms with Crippen molar-refractivity contribution in [1.82, 2.24) is 14.8 Å². The van der Waals surface area contributed by atoms with E-state index in [0.717, 1.165) is 55.6 Å². The van der Waals surface area contributed by atoms with Crippen molar-refractivity contribution in [2.24, 2.45) is 0 Å². The van der Waals surface area contributed by atoms with Crippen molar-refractivity contribution in [3.63, 3.8) is 0 Å². The van der Waals surface area contributed by atoms with Crippen molar-refractivity contribution in [3.8, 4) is 11.5 Å². The highest BCUT2D eigenvalue weighted by Gasteiger charge is 2.22. The van der Waals surface area contributed by atoms with Crippen LogP contribution in [0.25, 0.3) is 0 Å². The molecule has 0 amide bonds. The molecule has 0 aliphatic carbocycles. The summed E-state index contributed by atoms with van der Waals surface area (Å²) in [5.41, 5.74) is 2.99. The van der Waals surface area contributed by atoms with Crippen LogP contribution in [0.1, 0.15) is 29.5 Å². The van der Waals surface area contributed by atoms with E-state index in [4.69, 9.17) is 9.47 Å². The summed E-state index contributed by atoms with van der Waals surface area (Å²) < 4.78 is 39.2. The number of piperidine rings is 1. The predicted octanol–water partition coefficient (Wildman–Crippen LogP) is 4.80. The van der Waals surface area contributed by atoms with E-state index in [1.807, 2.05) is 18.2 Å². The van der Waals surface area contributed by atoms with Gasteiger partial charge in [-0.15, -0.1) is 0 Å². The molecule has 1 aromatic heterocycles. The molecule has 3 aromatic rings. The lowest BCUT2D eigenvalue weighted by atomic mass is 10.0. The minimum Gasteiger partial charge on any atom is -0.492 e. The number of halogens is 2. The highest BCUT2D eigenvalue weighted by molar-refractivity contribution is 5.38. The van der Waals surface area contributed by atoms with Gasteiger partial charge in [-0.25, -0.2) is 8.78 Å². The van der Waals surface area contributed by atoms with Crippen molar-refractivity contribution in [2.75, 3.05) is 26.2 Å². The van der Waals surface area contributed by atoms with Gasteiger partial charge in [0.1, 0.15) is 35.8 Å². The normalized spacial score (nSPS) is 17.6. The Morgan fingerprint density at radius 2 is 1.71 bits per heavy atom. The van der Waals surface area contributed by atoms with E-state index in [-0.39, 0.29) is 6.10 Å². The number of likely N-dealkylation sites (tertiary alicyclic amines) is 1. The standard InChI is InChI=1S/C27H29F2N3O2/c28-23-13-21(14-24(29)15-23)18-32-10-11-33-27-4-3-20(12-22(27)19-32)17-31-8-5-25(6-9-31)34-26-2-1-7-30-16-26/h1-4,7,12-16,25H,5-6,8-11,17-19H2. The number of rotatable bonds is 6. The molecular formula is C27H29F2N3O2. The summed E-state index contributed by atoms with van der Waals surface area (Å²) in [6, 6.07) is 13.9. The number of hydrogen-bond donors (Lipinski definition) is 0. The SMILES string of the molecule is Fc1cc(F)cc(CN2CCOc3ccc(CN4CCC(Oc5cccnc5)CC4)cc3C2)c1. The Balaban J connectivity index is 1.18. The van der Waals surface area contributed by atoms with E-state index in [2.05, 4.69) is 26.9 Å². The summed E-state index contributed by atoms with van der Waals surface area (Å²) in [6.45, 7) is 5.25. The molecule has 0 unspecified atom stereocenters. The molecule has 2 aliphatic heterocycles. The summed E-state index contributed by atoms with van der Waals surface area (Å²) in [5, 5.41) is 0. The first-order valence-electron chi connectivity index (χ1n) is 11.8. The Labute approximate surface area is 198 Å². The van der Waals surface area contributed by atoms with Gasteiger partial charge < -0.3 is 9.47 Å². The van der Waals surface area contributed by atoms with Gasteiger partial charge in [-0.3, -0.25) is 14.8 Å². The molecule has 0 saturated carbocycles. The fourth-order valence-corrected chi connectivity index (χ4v) is 4.75. The Hall–Kier alpha value is -3.03. The zero-order valence-corrected chi connectivity index (χ0v) is 19.1. The molecule has 0 bridgehead atoms. The molecule has 5 nitrogen and oxygen atoms in total. The fourth-order valence-electron chi connectivity index (χ4n) is 4.75. The van der Waals surface area contributed by atoms with Gasteiger partial charge in [0.15, 0.2) is 0 Å². The van der Waals surface area contributed by atoms with Gasteiger partial charge >= 0.3 is 0 Å². The van der Waals surface area contributed by atoms with Crippen LogP contribution in [-0.4, -0.2) is 47.1 Å². The van der Waals surface area contributed by atoms with Crippen molar-refractivity contribution in [3.05, 3.63) is 89.2 Å². The molecule has 0 atom stereocenters. The zero-order chi connectivity index (χ0) is 23.3. The zero-order valence-electron chi connectivity index (χ0n) is 19.1. The highest BCUT2D eigenvalue weighted by atomic mass is 19.1. The molecule has 1 saturated heterocycles. The van der Waals surface area contributed by atoms with Crippen LogP contribution in [0, 0.1) is 11.6 Å². The van der Waals surface area contributed by atoms with Crippen LogP contribution in [0.2, 0.25) is 0 Å². The predicted molar refractivity (Wildman–Crippen MR) is 126 cm³/mol. The van der Waals surface area contributed by atoms with Crippen LogP contribution in [0.3, 0.4) is 0 Å². The topological polar surface area (TPSA) is 37.8 Å². The van der Waals surface area contributed by atoms with E-state index in [1.165, 1.54) is 17.7 Å². The van der Waals surface area contributed by atoms with E-state index >= 15 is 0 Å². The minimum absolute atomic E-state index is 0.224. The fraction of sp³-hybridized carbons (Fsp3) is 0.370. The summed E-state index contributed by atoms with van der Waals surface area (Å²) in [4.78, 5) is 8.74. The van der Waals surface area contributed by atoms with E-state index in [0.29, 0.717) is 31.8 Å². The van der Waals surface area contributed by atoms with Crippen molar-refractivity contribution < 1.29 is 18.3 Å². The first-order valence-corrected chi connectivity index (χ1v) is 11.8. The Morgan fingerprint density at radius 1 is 0.912 bits per heavy atom. The molecule has 0 spiro atoms. The first-order chi connectivity index (χ1) is 16.6. The molecule has 34 heavy (non-hydrogen) atoms. The molecule has 178 valence electrons. The van der Waals surface area contributed by atoms with Gasteiger partial charge in [0.05, 0.1) is 6.20 Å². The van der Waals surface area contributed by atoms with E-state index < -0.39 is 11.6 Å². The monoisotopic (exact) mass is 465 g/mol. The molecule has 0 N–H and O–H groups in total. The number of ether oxygens (including phenoxy) is 2. The highest BCUT2D eigenvalue weighted by Crippen LogP contribution is 2.27. The average molecular weight is 466 g/mol. The number of nitrogens with zero attached hydrogens (tertiary/aromatic N) is 3. The number of aromatic nitrogens is 1. The second-order valence-electron chi connectivity index (χ2n) is 9.06. The average Bonchev–Trinajstić information content (AvgIpc) is 3.01. The van der Waals surface area contributed by atoms with Gasteiger partial charge in [0, 0.05) is 57.1 Å². The Morgan fingerprint density at radius 3 is 2.47 bits per heavy atom. The maximum absolute atomic E-state index is 13.6. The molecule has 5 rings (SSSR count). The van der Waals surface area contributed by atoms with Gasteiger partial charge in [-0.05, 0) is 60.4 Å². The minimum atomic E-state index is -0.543. The van der Waals surface area contributed by atoms with Crippen LogP contribution < -0.4 is 9.47 Å². The molecule has 2 aliphatic rings. The second kappa shape index (κ2) is 10.5. The number of pyridine rings is 1. The summed E-state index contributed by atoms with van der Waals surface area (Å²) in [5.74, 6) is 0.634. The van der Waals surface area contributed by atoms with E-state index in [9.17, 15) is 8.78 Å². The van der Waals surface area contributed by atoms with Crippen molar-refractivity contribution in [1.29, 1.82) is 0 Å².